The minimum absolute atomic E-state index is 0.246. The van der Waals surface area contributed by atoms with Crippen LogP contribution in [-0.2, 0) is 11.3 Å². The normalized spacial score (nSPS) is 15.6. The lowest BCUT2D eigenvalue weighted by Crippen LogP contribution is -2.41. The number of aromatic nitrogens is 1. The van der Waals surface area contributed by atoms with Gasteiger partial charge in [0.05, 0.1) is 6.54 Å². The second-order valence-corrected chi connectivity index (χ2v) is 6.05. The second-order valence-electron chi connectivity index (χ2n) is 6.05. The summed E-state index contributed by atoms with van der Waals surface area (Å²) in [6.45, 7) is 5.24. The average molecular weight is 290 g/mol. The van der Waals surface area contributed by atoms with Crippen molar-refractivity contribution < 1.29 is 4.79 Å². The molecule has 1 saturated carbocycles. The highest BCUT2D eigenvalue weighted by molar-refractivity contribution is 5.79. The maximum atomic E-state index is 11.5. The number of rotatable bonds is 7. The second kappa shape index (κ2) is 7.41. The predicted octanol–water partition coefficient (Wildman–Crippen LogP) is 1.81. The Labute approximate surface area is 126 Å². The van der Waals surface area contributed by atoms with Gasteiger partial charge in [0.25, 0.3) is 0 Å². The molecule has 1 aromatic rings. The Morgan fingerprint density at radius 1 is 1.48 bits per heavy atom. The Morgan fingerprint density at radius 2 is 2.19 bits per heavy atom. The number of carbonyl (C=O) groups excluding carboxylic acids is 1. The van der Waals surface area contributed by atoms with E-state index in [0.717, 1.165) is 30.8 Å². The summed E-state index contributed by atoms with van der Waals surface area (Å²) in [6, 6.07) is 4.80. The molecule has 1 amide bonds. The van der Waals surface area contributed by atoms with Gasteiger partial charge in [-0.1, -0.05) is 32.8 Å². The molecular formula is C16H26N4O. The molecule has 3 N–H and O–H groups in total. The first-order valence-corrected chi connectivity index (χ1v) is 7.80. The van der Waals surface area contributed by atoms with Crippen LogP contribution in [0.4, 0.5) is 5.82 Å². The van der Waals surface area contributed by atoms with Crippen molar-refractivity contribution in [3.63, 3.8) is 0 Å². The lowest BCUT2D eigenvalue weighted by Gasteiger charge is -2.30. The number of hydrogen-bond donors (Lipinski definition) is 2. The SMILES string of the molecule is CC(C)NCc1cccnc1N(CC(N)=O)C1CCCC1. The fourth-order valence-corrected chi connectivity index (χ4v) is 2.90. The van der Waals surface area contributed by atoms with Gasteiger partial charge in [0.15, 0.2) is 0 Å². The molecule has 1 aliphatic carbocycles. The van der Waals surface area contributed by atoms with Crippen LogP contribution in [0.3, 0.4) is 0 Å². The molecule has 1 fully saturated rings. The minimum atomic E-state index is -0.296. The number of pyridine rings is 1. The highest BCUT2D eigenvalue weighted by Gasteiger charge is 2.26. The van der Waals surface area contributed by atoms with Gasteiger partial charge in [-0.05, 0) is 18.9 Å². The minimum Gasteiger partial charge on any atom is -0.368 e. The van der Waals surface area contributed by atoms with Gasteiger partial charge in [0.2, 0.25) is 5.91 Å². The fraction of sp³-hybridized carbons (Fsp3) is 0.625. The van der Waals surface area contributed by atoms with Gasteiger partial charge >= 0.3 is 0 Å². The molecule has 0 aliphatic heterocycles. The zero-order chi connectivity index (χ0) is 15.2. The maximum absolute atomic E-state index is 11.5. The topological polar surface area (TPSA) is 71.2 Å². The standard InChI is InChI=1S/C16H26N4O/c1-12(2)19-10-13-6-5-9-18-16(13)20(11-15(17)21)14-7-3-4-8-14/h5-6,9,12,14,19H,3-4,7-8,10-11H2,1-2H3,(H2,17,21). The smallest absolute Gasteiger partial charge is 0.237 e. The largest absolute Gasteiger partial charge is 0.368 e. The number of carbonyl (C=O) groups is 1. The lowest BCUT2D eigenvalue weighted by molar-refractivity contribution is -0.116. The van der Waals surface area contributed by atoms with Crippen molar-refractivity contribution in [2.24, 2.45) is 5.73 Å². The molecule has 0 unspecified atom stereocenters. The van der Waals surface area contributed by atoms with Crippen molar-refractivity contribution in [1.29, 1.82) is 0 Å². The number of hydrogen-bond acceptors (Lipinski definition) is 4. The highest BCUT2D eigenvalue weighted by atomic mass is 16.1. The van der Waals surface area contributed by atoms with E-state index >= 15 is 0 Å². The lowest BCUT2D eigenvalue weighted by atomic mass is 10.1. The van der Waals surface area contributed by atoms with Crippen LogP contribution in [-0.4, -0.2) is 29.5 Å². The summed E-state index contributed by atoms with van der Waals surface area (Å²) in [6.07, 6.45) is 6.44. The Morgan fingerprint density at radius 3 is 2.81 bits per heavy atom. The van der Waals surface area contributed by atoms with Crippen LogP contribution in [0.15, 0.2) is 18.3 Å². The first kappa shape index (κ1) is 15.8. The number of nitrogens with one attached hydrogen (secondary N) is 1. The molecule has 0 saturated heterocycles. The third kappa shape index (κ3) is 4.43. The van der Waals surface area contributed by atoms with E-state index < -0.39 is 0 Å². The quantitative estimate of drug-likeness (QED) is 0.803. The van der Waals surface area contributed by atoms with Crippen LogP contribution >= 0.6 is 0 Å². The van der Waals surface area contributed by atoms with Gasteiger partial charge in [-0.2, -0.15) is 0 Å². The molecule has 21 heavy (non-hydrogen) atoms. The van der Waals surface area contributed by atoms with Gasteiger partial charge in [-0.15, -0.1) is 0 Å². The number of nitrogens with two attached hydrogens (primary N) is 1. The molecule has 0 radical (unpaired) electrons. The molecule has 0 spiro atoms. The Hall–Kier alpha value is -1.62. The number of primary amides is 1. The highest BCUT2D eigenvalue weighted by Crippen LogP contribution is 2.28. The van der Waals surface area contributed by atoms with Crippen LogP contribution < -0.4 is 16.0 Å². The summed E-state index contributed by atoms with van der Waals surface area (Å²) in [5.41, 5.74) is 6.57. The van der Waals surface area contributed by atoms with E-state index in [2.05, 4.69) is 35.1 Å². The summed E-state index contributed by atoms with van der Waals surface area (Å²) in [4.78, 5) is 18.1. The van der Waals surface area contributed by atoms with E-state index in [1.165, 1.54) is 12.8 Å². The molecule has 2 rings (SSSR count). The van der Waals surface area contributed by atoms with Gasteiger partial charge in [0, 0.05) is 30.4 Å². The zero-order valence-corrected chi connectivity index (χ0v) is 13.0. The molecule has 5 heteroatoms. The van der Waals surface area contributed by atoms with Crippen LogP contribution in [0.25, 0.3) is 0 Å². The maximum Gasteiger partial charge on any atom is 0.237 e. The van der Waals surface area contributed by atoms with Crippen molar-refractivity contribution in [3.05, 3.63) is 23.9 Å². The Kier molecular flexibility index (Phi) is 5.56. The van der Waals surface area contributed by atoms with Gasteiger partial charge in [-0.3, -0.25) is 4.79 Å². The predicted molar refractivity (Wildman–Crippen MR) is 85.0 cm³/mol. The van der Waals surface area contributed by atoms with E-state index in [-0.39, 0.29) is 12.5 Å². The van der Waals surface area contributed by atoms with E-state index in [1.807, 2.05) is 6.07 Å². The molecule has 0 bridgehead atoms. The van der Waals surface area contributed by atoms with Crippen molar-refractivity contribution in [1.82, 2.24) is 10.3 Å². The van der Waals surface area contributed by atoms with Crippen LogP contribution in [0, 0.1) is 0 Å². The summed E-state index contributed by atoms with van der Waals surface area (Å²) in [5, 5.41) is 3.42. The van der Waals surface area contributed by atoms with Crippen LogP contribution in [0.1, 0.15) is 45.1 Å². The average Bonchev–Trinajstić information content (AvgIpc) is 2.96. The van der Waals surface area contributed by atoms with E-state index in [9.17, 15) is 4.79 Å². The molecule has 116 valence electrons. The summed E-state index contributed by atoms with van der Waals surface area (Å²) < 4.78 is 0. The van der Waals surface area contributed by atoms with Crippen LogP contribution in [0.5, 0.6) is 0 Å². The molecule has 1 aromatic heterocycles. The summed E-state index contributed by atoms with van der Waals surface area (Å²) in [5.74, 6) is 0.603. The third-order valence-electron chi connectivity index (χ3n) is 3.93. The molecule has 0 aromatic carbocycles. The third-order valence-corrected chi connectivity index (χ3v) is 3.93. The van der Waals surface area contributed by atoms with Crippen molar-refractivity contribution in [2.75, 3.05) is 11.4 Å². The molecular weight excluding hydrogens is 264 g/mol. The number of anilines is 1. The van der Waals surface area contributed by atoms with E-state index in [4.69, 9.17) is 5.73 Å². The summed E-state index contributed by atoms with van der Waals surface area (Å²) >= 11 is 0. The number of nitrogens with zero attached hydrogens (tertiary/aromatic N) is 2. The summed E-state index contributed by atoms with van der Waals surface area (Å²) in [7, 11) is 0. The van der Waals surface area contributed by atoms with Gasteiger partial charge in [-0.25, -0.2) is 4.98 Å². The van der Waals surface area contributed by atoms with Gasteiger partial charge in [0.1, 0.15) is 5.82 Å². The first-order chi connectivity index (χ1) is 10.1. The van der Waals surface area contributed by atoms with E-state index in [1.54, 1.807) is 6.20 Å². The van der Waals surface area contributed by atoms with Gasteiger partial charge < -0.3 is 16.0 Å². The number of amides is 1. The molecule has 5 nitrogen and oxygen atoms in total. The Bertz CT molecular complexity index is 469. The van der Waals surface area contributed by atoms with Crippen molar-refractivity contribution >= 4 is 11.7 Å². The zero-order valence-electron chi connectivity index (χ0n) is 13.0. The van der Waals surface area contributed by atoms with Crippen LogP contribution in [0.2, 0.25) is 0 Å². The Balaban J connectivity index is 2.23. The monoisotopic (exact) mass is 290 g/mol. The molecule has 1 aliphatic rings. The van der Waals surface area contributed by atoms with Crippen molar-refractivity contribution in [2.45, 2.75) is 58.2 Å². The van der Waals surface area contributed by atoms with Crippen molar-refractivity contribution in [3.8, 4) is 0 Å². The van der Waals surface area contributed by atoms with E-state index in [0.29, 0.717) is 12.1 Å². The fourth-order valence-electron chi connectivity index (χ4n) is 2.90. The first-order valence-electron chi connectivity index (χ1n) is 7.80. The molecule has 0 atom stereocenters. The molecule has 1 heterocycles.